The lowest BCUT2D eigenvalue weighted by molar-refractivity contribution is -0.133. The Hall–Kier alpha value is -1.84. The second kappa shape index (κ2) is 39.8. The third-order valence-corrected chi connectivity index (χ3v) is 10.6. The number of nitrogens with zero attached hydrogens (tertiary/aromatic N) is 1. The summed E-state index contributed by atoms with van der Waals surface area (Å²) in [6.45, 7) is 6.53. The molecule has 0 rings (SSSR count). The molecule has 0 fully saturated rings. The highest BCUT2D eigenvalue weighted by Crippen LogP contribution is 2.15. The van der Waals surface area contributed by atoms with Crippen LogP contribution >= 0.6 is 11.8 Å². The molecule has 0 saturated carbocycles. The van der Waals surface area contributed by atoms with Crippen LogP contribution in [0.3, 0.4) is 0 Å². The van der Waals surface area contributed by atoms with Crippen molar-refractivity contribution < 1.29 is 9.59 Å². The van der Waals surface area contributed by atoms with Crippen LogP contribution in [0, 0.1) is 5.41 Å². The number of carbonyl (C=O) groups is 2. The maximum atomic E-state index is 13.6. The lowest BCUT2D eigenvalue weighted by Gasteiger charge is -2.27. The SMILES string of the molecule is CCCCCCCC/C=C\CCCCCCCCN(CCCCCCCCCCCCCCCC)C(=O)C(CNC(=O)C(N)CCCNC(=N)N)NCl. The van der Waals surface area contributed by atoms with Crippen molar-refractivity contribution in [2.75, 3.05) is 26.2 Å². The lowest BCUT2D eigenvalue weighted by Crippen LogP contribution is -2.52. The van der Waals surface area contributed by atoms with E-state index in [2.05, 4.69) is 41.5 Å². The first-order chi connectivity index (χ1) is 25.9. The predicted octanol–water partition coefficient (Wildman–Crippen LogP) is 10.2. The van der Waals surface area contributed by atoms with Crippen molar-refractivity contribution in [1.29, 1.82) is 5.41 Å². The average molecular weight is 769 g/mol. The number of nitrogens with two attached hydrogens (primary N) is 2. The lowest BCUT2D eigenvalue weighted by atomic mass is 10.0. The van der Waals surface area contributed by atoms with Crippen molar-refractivity contribution >= 4 is 29.6 Å². The highest BCUT2D eigenvalue weighted by molar-refractivity contribution is 6.15. The molecule has 2 unspecified atom stereocenters. The van der Waals surface area contributed by atoms with Crippen LogP contribution in [0.25, 0.3) is 0 Å². The number of guanidine groups is 1. The third kappa shape index (κ3) is 34.4. The molecule has 2 atom stereocenters. The molecule has 0 bridgehead atoms. The van der Waals surface area contributed by atoms with Crippen LogP contribution in [0.5, 0.6) is 0 Å². The molecule has 9 nitrogen and oxygen atoms in total. The Balaban J connectivity index is 4.55. The van der Waals surface area contributed by atoms with Gasteiger partial charge in [0.1, 0.15) is 6.04 Å². The van der Waals surface area contributed by atoms with Crippen LogP contribution in [0.15, 0.2) is 12.2 Å². The van der Waals surface area contributed by atoms with E-state index in [9.17, 15) is 9.59 Å². The number of allylic oxidation sites excluding steroid dienone is 2. The predicted molar refractivity (Wildman–Crippen MR) is 229 cm³/mol. The molecule has 53 heavy (non-hydrogen) atoms. The Morgan fingerprint density at radius 3 is 1.42 bits per heavy atom. The van der Waals surface area contributed by atoms with Crippen molar-refractivity contribution in [2.45, 2.75) is 219 Å². The Morgan fingerprint density at radius 2 is 1.02 bits per heavy atom. The van der Waals surface area contributed by atoms with Crippen LogP contribution in [0.2, 0.25) is 0 Å². The fourth-order valence-electron chi connectivity index (χ4n) is 6.78. The molecule has 0 heterocycles. The quantitative estimate of drug-likeness (QED) is 0.0120. The summed E-state index contributed by atoms with van der Waals surface area (Å²) in [5, 5.41) is 12.8. The minimum Gasteiger partial charge on any atom is -0.370 e. The van der Waals surface area contributed by atoms with E-state index in [1.165, 1.54) is 154 Å². The maximum absolute atomic E-state index is 13.6. The van der Waals surface area contributed by atoms with Gasteiger partial charge in [0.25, 0.3) is 0 Å². The summed E-state index contributed by atoms with van der Waals surface area (Å²) in [6, 6.07) is -1.42. The van der Waals surface area contributed by atoms with Crippen molar-refractivity contribution in [3.8, 4) is 0 Å². The molecule has 0 aliphatic carbocycles. The van der Waals surface area contributed by atoms with E-state index in [-0.39, 0.29) is 24.3 Å². The molecule has 10 heteroatoms. The van der Waals surface area contributed by atoms with E-state index >= 15 is 0 Å². The molecule has 0 saturated heterocycles. The zero-order valence-corrected chi connectivity index (χ0v) is 35.4. The van der Waals surface area contributed by atoms with Gasteiger partial charge in [0, 0.05) is 26.2 Å². The number of rotatable bonds is 40. The molecular weight excluding hydrogens is 682 g/mol. The summed E-state index contributed by atoms with van der Waals surface area (Å²) < 4.78 is 0. The Morgan fingerprint density at radius 1 is 0.623 bits per heavy atom. The first-order valence-corrected chi connectivity index (χ1v) is 22.7. The van der Waals surface area contributed by atoms with Crippen molar-refractivity contribution in [3.63, 3.8) is 0 Å². The molecule has 8 N–H and O–H groups in total. The summed E-state index contributed by atoms with van der Waals surface area (Å²) in [6.07, 6.45) is 41.6. The van der Waals surface area contributed by atoms with Crippen LogP contribution < -0.4 is 26.9 Å². The Bertz CT molecular complexity index is 876. The van der Waals surface area contributed by atoms with Crippen molar-refractivity contribution in [1.82, 2.24) is 20.4 Å². The fraction of sp³-hybridized carbons (Fsp3) is 0.884. The molecule has 0 radical (unpaired) electrons. The van der Waals surface area contributed by atoms with E-state index in [0.717, 1.165) is 25.7 Å². The summed E-state index contributed by atoms with van der Waals surface area (Å²) in [4.78, 5) is 30.8. The highest BCUT2D eigenvalue weighted by Gasteiger charge is 2.25. The van der Waals surface area contributed by atoms with Gasteiger partial charge in [-0.1, -0.05) is 167 Å². The maximum Gasteiger partial charge on any atom is 0.242 e. The molecule has 312 valence electrons. The molecule has 0 aromatic rings. The second-order valence-corrected chi connectivity index (χ2v) is 15.6. The summed E-state index contributed by atoms with van der Waals surface area (Å²) in [5.74, 6) is -0.486. The number of nitrogens with one attached hydrogen (secondary N) is 4. The number of unbranched alkanes of at least 4 members (excludes halogenated alkanes) is 25. The first-order valence-electron chi connectivity index (χ1n) is 22.3. The number of hydrogen-bond acceptors (Lipinski definition) is 5. The Kier molecular flexibility index (Phi) is 38.5. The summed E-state index contributed by atoms with van der Waals surface area (Å²) >= 11 is 6.07. The molecule has 2 amide bonds. The molecule has 0 aliphatic rings. The van der Waals surface area contributed by atoms with E-state index < -0.39 is 12.1 Å². The fourth-order valence-corrected chi connectivity index (χ4v) is 6.95. The van der Waals surface area contributed by atoms with E-state index in [0.29, 0.717) is 32.5 Å². The van der Waals surface area contributed by atoms with Crippen LogP contribution in [0.4, 0.5) is 0 Å². The number of carbonyl (C=O) groups excluding carboxylic acids is 2. The van der Waals surface area contributed by atoms with E-state index in [4.69, 9.17) is 28.7 Å². The van der Waals surface area contributed by atoms with Gasteiger partial charge in [-0.3, -0.25) is 15.0 Å². The monoisotopic (exact) mass is 768 g/mol. The van der Waals surface area contributed by atoms with Gasteiger partial charge in [-0.2, -0.15) is 0 Å². The molecular formula is C43H86ClN7O2. The van der Waals surface area contributed by atoms with Crippen LogP contribution in [0.1, 0.15) is 206 Å². The van der Waals surface area contributed by atoms with Gasteiger partial charge >= 0.3 is 0 Å². The highest BCUT2D eigenvalue weighted by atomic mass is 35.5. The number of halogens is 1. The minimum absolute atomic E-state index is 0.0676. The first kappa shape index (κ1) is 51.2. The minimum atomic E-state index is -0.715. The van der Waals surface area contributed by atoms with Gasteiger partial charge in [-0.25, -0.2) is 4.84 Å². The third-order valence-electron chi connectivity index (χ3n) is 10.3. The standard InChI is InChI=1S/C43H86ClN7O2/c1-3-5-7-9-11-13-15-17-19-20-22-24-26-28-30-32-37-51(36-31-29-27-25-23-21-18-16-14-12-10-8-6-4-2)42(53)40(50-44)38-49-41(52)39(45)34-33-35-48-43(46)47/h17,19,39-40,50H,3-16,18,20-38,45H2,1-2H3,(H,49,52)(H4,46,47,48)/b19-17-. The number of amides is 2. The van der Waals surface area contributed by atoms with Crippen LogP contribution in [-0.2, 0) is 9.59 Å². The molecule has 0 spiro atoms. The second-order valence-electron chi connectivity index (χ2n) is 15.4. The molecule has 0 aliphatic heterocycles. The summed E-state index contributed by atoms with van der Waals surface area (Å²) in [7, 11) is 0. The average Bonchev–Trinajstić information content (AvgIpc) is 3.15. The largest absolute Gasteiger partial charge is 0.370 e. The molecule has 0 aromatic carbocycles. The van der Waals surface area contributed by atoms with E-state index in [1.807, 2.05) is 4.90 Å². The van der Waals surface area contributed by atoms with Gasteiger partial charge in [-0.05, 0) is 63.1 Å². The zero-order valence-electron chi connectivity index (χ0n) is 34.6. The molecule has 0 aromatic heterocycles. The zero-order chi connectivity index (χ0) is 39.0. The van der Waals surface area contributed by atoms with Gasteiger partial charge in [0.05, 0.1) is 6.04 Å². The normalized spacial score (nSPS) is 12.6. The van der Waals surface area contributed by atoms with Crippen molar-refractivity contribution in [2.24, 2.45) is 11.5 Å². The van der Waals surface area contributed by atoms with Crippen molar-refractivity contribution in [3.05, 3.63) is 12.2 Å². The number of hydrogen-bond donors (Lipinski definition) is 6. The van der Waals surface area contributed by atoms with E-state index in [1.54, 1.807) is 0 Å². The van der Waals surface area contributed by atoms with Crippen LogP contribution in [-0.4, -0.2) is 60.9 Å². The van der Waals surface area contributed by atoms with Gasteiger partial charge in [-0.15, -0.1) is 0 Å². The van der Waals surface area contributed by atoms with Gasteiger partial charge < -0.3 is 27.0 Å². The van der Waals surface area contributed by atoms with Gasteiger partial charge in [0.15, 0.2) is 5.96 Å². The topological polar surface area (TPSA) is 149 Å². The van der Waals surface area contributed by atoms with Gasteiger partial charge in [0.2, 0.25) is 11.8 Å². The Labute approximate surface area is 332 Å². The smallest absolute Gasteiger partial charge is 0.242 e. The summed E-state index contributed by atoms with van der Waals surface area (Å²) in [5.41, 5.74) is 11.4.